The van der Waals surface area contributed by atoms with Gasteiger partial charge in [0, 0.05) is 24.2 Å². The lowest BCUT2D eigenvalue weighted by Gasteiger charge is -2.44. The van der Waals surface area contributed by atoms with Gasteiger partial charge in [-0.3, -0.25) is 9.80 Å². The van der Waals surface area contributed by atoms with E-state index in [1.165, 1.54) is 43.4 Å². The van der Waals surface area contributed by atoms with Crippen molar-refractivity contribution in [2.45, 2.75) is 44.2 Å². The predicted octanol–water partition coefficient (Wildman–Crippen LogP) is 8.04. The average Bonchev–Trinajstić information content (AvgIpc) is 3.14. The van der Waals surface area contributed by atoms with Crippen molar-refractivity contribution in [3.63, 3.8) is 0 Å². The monoisotopic (exact) mass is 773 g/mol. The topological polar surface area (TPSA) is 104 Å². The third-order valence-electron chi connectivity index (χ3n) is 9.56. The fourth-order valence-corrected chi connectivity index (χ4v) is 7.27. The molecule has 3 saturated heterocycles. The zero-order valence-corrected chi connectivity index (χ0v) is 30.3. The fourth-order valence-electron chi connectivity index (χ4n) is 6.67. The van der Waals surface area contributed by atoms with Crippen molar-refractivity contribution >= 4 is 41.0 Å². The molecule has 0 N–H and O–H groups in total. The summed E-state index contributed by atoms with van der Waals surface area (Å²) < 4.78 is 64.2. The highest BCUT2D eigenvalue weighted by Crippen LogP contribution is 2.37. The highest BCUT2D eigenvalue weighted by Gasteiger charge is 2.38. The van der Waals surface area contributed by atoms with E-state index in [0.29, 0.717) is 39.5 Å². The van der Waals surface area contributed by atoms with Gasteiger partial charge in [0.05, 0.1) is 31.9 Å². The maximum absolute atomic E-state index is 13.7. The minimum atomic E-state index is -4.62. The van der Waals surface area contributed by atoms with Crippen molar-refractivity contribution in [1.82, 2.24) is 4.90 Å². The van der Waals surface area contributed by atoms with Gasteiger partial charge >= 0.3 is 18.2 Å². The minimum absolute atomic E-state index is 0.00544. The van der Waals surface area contributed by atoms with E-state index in [0.717, 1.165) is 50.5 Å². The maximum Gasteiger partial charge on any atom is 0.416 e. The highest BCUT2D eigenvalue weighted by molar-refractivity contribution is 6.35. The van der Waals surface area contributed by atoms with E-state index < -0.39 is 29.9 Å². The summed E-state index contributed by atoms with van der Waals surface area (Å²) in [5, 5.41) is 12.0. The molecular weight excluding hydrogens is 738 g/mol. The fraction of sp³-hybridized carbons (Fsp3) is 0.342. The maximum atomic E-state index is 13.7. The SMILES string of the molecule is COc1ccc(C(Cc2c(Cl)c[n+]([O-])cc2Cl)OC(=O)c2ccc(CN(C(=O)O[C@H]3CN4CCC3CC4)c3cccc(C(F)(F)F)c3)cc2)cc1OC. The van der Waals surface area contributed by atoms with Crippen molar-refractivity contribution < 1.29 is 46.4 Å². The number of benzene rings is 3. The molecule has 0 aliphatic carbocycles. The van der Waals surface area contributed by atoms with Crippen molar-refractivity contribution in [3.05, 3.63) is 122 Å². The molecule has 15 heteroatoms. The first-order chi connectivity index (χ1) is 25.3. The second-order valence-electron chi connectivity index (χ2n) is 12.9. The Bertz CT molecular complexity index is 1930. The lowest BCUT2D eigenvalue weighted by Crippen LogP contribution is -2.53. The number of alkyl halides is 3. The number of piperidine rings is 3. The molecule has 0 radical (unpaired) electrons. The van der Waals surface area contributed by atoms with Crippen LogP contribution in [0.1, 0.15) is 51.6 Å². The molecule has 4 aromatic rings. The third-order valence-corrected chi connectivity index (χ3v) is 10.2. The summed E-state index contributed by atoms with van der Waals surface area (Å²) in [6, 6.07) is 15.7. The second kappa shape index (κ2) is 16.1. The van der Waals surface area contributed by atoms with Crippen LogP contribution in [0.2, 0.25) is 10.0 Å². The summed E-state index contributed by atoms with van der Waals surface area (Å²) in [5.41, 5.74) is 0.702. The van der Waals surface area contributed by atoms with E-state index >= 15 is 0 Å². The lowest BCUT2D eigenvalue weighted by molar-refractivity contribution is -0.605. The van der Waals surface area contributed by atoms with Gasteiger partial charge in [-0.05, 0) is 85.4 Å². The number of halogens is 5. The molecule has 4 heterocycles. The molecule has 0 saturated carbocycles. The van der Waals surface area contributed by atoms with Gasteiger partial charge in [0.25, 0.3) is 0 Å². The zero-order chi connectivity index (χ0) is 37.9. The van der Waals surface area contributed by atoms with E-state index in [9.17, 15) is 28.0 Å². The number of amides is 1. The second-order valence-corrected chi connectivity index (χ2v) is 13.7. The van der Waals surface area contributed by atoms with Gasteiger partial charge in [0.15, 0.2) is 23.9 Å². The van der Waals surface area contributed by atoms with Crippen LogP contribution in [0.3, 0.4) is 0 Å². The molecule has 3 aliphatic heterocycles. The molecule has 7 rings (SSSR count). The summed E-state index contributed by atoms with van der Waals surface area (Å²) >= 11 is 12.7. The minimum Gasteiger partial charge on any atom is -0.619 e. The number of anilines is 1. The van der Waals surface area contributed by atoms with Gasteiger partial charge in [-0.15, -0.1) is 0 Å². The molecular formula is C38H36Cl2F3N3O7. The van der Waals surface area contributed by atoms with E-state index in [-0.39, 0.29) is 46.3 Å². The van der Waals surface area contributed by atoms with Crippen LogP contribution in [-0.4, -0.2) is 56.9 Å². The molecule has 2 atom stereocenters. The number of methoxy groups -OCH3 is 2. The van der Waals surface area contributed by atoms with Crippen LogP contribution in [0.25, 0.3) is 0 Å². The van der Waals surface area contributed by atoms with Crippen LogP contribution in [-0.2, 0) is 28.6 Å². The summed E-state index contributed by atoms with van der Waals surface area (Å²) in [6.45, 7) is 2.30. The molecule has 10 nitrogen and oxygen atoms in total. The lowest BCUT2D eigenvalue weighted by atomic mass is 9.86. The van der Waals surface area contributed by atoms with Gasteiger partial charge in [-0.1, -0.05) is 47.5 Å². The van der Waals surface area contributed by atoms with Gasteiger partial charge in [0.2, 0.25) is 0 Å². The molecule has 1 amide bonds. The Morgan fingerprint density at radius 2 is 1.64 bits per heavy atom. The normalized spacial score (nSPS) is 18.6. The molecule has 3 aliphatic rings. The third kappa shape index (κ3) is 8.91. The van der Waals surface area contributed by atoms with Crippen LogP contribution < -0.4 is 19.1 Å². The quantitative estimate of drug-likeness (QED) is 0.0858. The zero-order valence-electron chi connectivity index (χ0n) is 28.8. The van der Waals surface area contributed by atoms with Gasteiger partial charge in [-0.25, -0.2) is 9.59 Å². The predicted molar refractivity (Wildman–Crippen MR) is 190 cm³/mol. The Balaban J connectivity index is 1.24. The standard InChI is InChI=1S/C38H36Cl2F3N3O7/c1-50-32-11-10-26(16-34(32)51-2)33(18-29-30(39)20-45(49)21-31(29)40)52-36(47)25-8-6-23(7-9-25)19-46(28-5-3-4-27(17-28)38(41,42)43)37(48)53-35-22-44-14-12-24(35)13-15-44/h3-11,16-17,20-21,24,33,35H,12-15,18-19,22H2,1-2H3/t33?,35-/m0/s1. The number of carbonyl (C=O) groups excluding carboxylic acids is 2. The summed E-state index contributed by atoms with van der Waals surface area (Å²) in [6.07, 6.45) is -2.62. The molecule has 3 fully saturated rings. The number of ether oxygens (including phenoxy) is 4. The number of fused-ring (bicyclic) bond motifs is 3. The number of hydrogen-bond acceptors (Lipinski definition) is 8. The number of nitrogens with zero attached hydrogens (tertiary/aromatic N) is 3. The first-order valence-electron chi connectivity index (χ1n) is 16.8. The van der Waals surface area contributed by atoms with Crippen molar-refractivity contribution in [2.75, 3.05) is 38.8 Å². The van der Waals surface area contributed by atoms with Gasteiger partial charge < -0.3 is 24.2 Å². The summed E-state index contributed by atoms with van der Waals surface area (Å²) in [5.74, 6) is 0.314. The van der Waals surface area contributed by atoms with Crippen LogP contribution in [0.5, 0.6) is 11.5 Å². The van der Waals surface area contributed by atoms with E-state index in [2.05, 4.69) is 4.90 Å². The van der Waals surface area contributed by atoms with Crippen LogP contribution >= 0.6 is 23.2 Å². The smallest absolute Gasteiger partial charge is 0.416 e. The molecule has 0 spiro atoms. The Morgan fingerprint density at radius 3 is 2.25 bits per heavy atom. The summed E-state index contributed by atoms with van der Waals surface area (Å²) in [7, 11) is 2.95. The Kier molecular flexibility index (Phi) is 11.6. The Morgan fingerprint density at radius 1 is 0.962 bits per heavy atom. The Hall–Kier alpha value is -4.72. The van der Waals surface area contributed by atoms with E-state index in [1.807, 2.05) is 0 Å². The number of aromatic nitrogens is 1. The largest absolute Gasteiger partial charge is 0.619 e. The molecule has 3 aromatic carbocycles. The molecule has 53 heavy (non-hydrogen) atoms. The first-order valence-corrected chi connectivity index (χ1v) is 17.5. The number of hydrogen-bond donors (Lipinski definition) is 0. The van der Waals surface area contributed by atoms with Crippen LogP contribution in [0.4, 0.5) is 23.7 Å². The number of carbonyl (C=O) groups is 2. The highest BCUT2D eigenvalue weighted by atomic mass is 35.5. The first kappa shape index (κ1) is 38.0. The Labute approximate surface area is 314 Å². The number of pyridine rings is 1. The van der Waals surface area contributed by atoms with Gasteiger partial charge in [-0.2, -0.15) is 17.9 Å². The van der Waals surface area contributed by atoms with Crippen LogP contribution in [0.15, 0.2) is 79.1 Å². The van der Waals surface area contributed by atoms with E-state index in [1.54, 1.807) is 30.3 Å². The number of esters is 1. The summed E-state index contributed by atoms with van der Waals surface area (Å²) in [4.78, 5) is 30.7. The van der Waals surface area contributed by atoms with Crippen molar-refractivity contribution in [1.29, 1.82) is 0 Å². The molecule has 280 valence electrons. The average molecular weight is 775 g/mol. The van der Waals surface area contributed by atoms with E-state index in [4.69, 9.17) is 42.1 Å². The van der Waals surface area contributed by atoms with Crippen LogP contribution in [0, 0.1) is 11.1 Å². The molecule has 2 bridgehead atoms. The molecule has 1 aromatic heterocycles. The van der Waals surface area contributed by atoms with Crippen molar-refractivity contribution in [3.8, 4) is 11.5 Å². The van der Waals surface area contributed by atoms with Gasteiger partial charge in [0.1, 0.15) is 22.3 Å². The van der Waals surface area contributed by atoms with Crippen molar-refractivity contribution in [2.24, 2.45) is 5.92 Å². The number of rotatable bonds is 11. The molecule has 1 unspecified atom stereocenters.